The lowest BCUT2D eigenvalue weighted by atomic mass is 10.2. The Labute approximate surface area is 110 Å². The number of hydrogen-bond donors (Lipinski definition) is 1. The Hall–Kier alpha value is -1.95. The minimum absolute atomic E-state index is 0.0820. The van der Waals surface area contributed by atoms with Crippen LogP contribution >= 0.6 is 0 Å². The maximum atomic E-state index is 12.3. The van der Waals surface area contributed by atoms with E-state index in [0.717, 1.165) is 12.8 Å². The predicted molar refractivity (Wildman–Crippen MR) is 65.0 cm³/mol. The van der Waals surface area contributed by atoms with Crippen molar-refractivity contribution < 1.29 is 19.4 Å². The number of morpholine rings is 1. The third kappa shape index (κ3) is 2.31. The second-order valence-electron chi connectivity index (χ2n) is 4.90. The van der Waals surface area contributed by atoms with Crippen molar-refractivity contribution in [2.45, 2.75) is 25.0 Å². The Bertz CT molecular complexity index is 502. The predicted octanol–water partition coefficient (Wildman–Crippen LogP) is 0.783. The van der Waals surface area contributed by atoms with E-state index in [1.165, 1.54) is 18.3 Å². The Balaban J connectivity index is 1.74. The van der Waals surface area contributed by atoms with E-state index in [1.54, 1.807) is 4.90 Å². The fourth-order valence-corrected chi connectivity index (χ4v) is 2.59. The molecule has 2 atom stereocenters. The quantitative estimate of drug-likeness (QED) is 0.852. The molecular weight excluding hydrogens is 248 g/mol. The zero-order valence-corrected chi connectivity index (χ0v) is 10.3. The normalized spacial score (nSPS) is 25.4. The van der Waals surface area contributed by atoms with E-state index in [4.69, 9.17) is 9.84 Å². The molecule has 100 valence electrons. The largest absolute Gasteiger partial charge is 0.478 e. The minimum Gasteiger partial charge on any atom is -0.478 e. The molecule has 2 unspecified atom stereocenters. The number of carboxylic acids is 1. The smallest absolute Gasteiger partial charge is 0.337 e. The highest BCUT2D eigenvalue weighted by Gasteiger charge is 2.36. The van der Waals surface area contributed by atoms with Crippen molar-refractivity contribution in [3.63, 3.8) is 0 Å². The number of hydrogen-bond acceptors (Lipinski definition) is 4. The van der Waals surface area contributed by atoms with Gasteiger partial charge in [0.25, 0.3) is 5.91 Å². The lowest BCUT2D eigenvalue weighted by molar-refractivity contribution is -0.0305. The molecular formula is C13H14N2O4. The standard InChI is InChI=1S/C13H14N2O4/c16-12(11-4-1-8(5-14-11)13(17)18)15-6-9-2-3-10(7-15)19-9/h1,4-5,9-10H,2-3,6-7H2,(H,17,18). The summed E-state index contributed by atoms with van der Waals surface area (Å²) < 4.78 is 5.67. The van der Waals surface area contributed by atoms with Gasteiger partial charge in [-0.25, -0.2) is 4.79 Å². The summed E-state index contributed by atoms with van der Waals surface area (Å²) in [6.07, 6.45) is 3.49. The van der Waals surface area contributed by atoms with E-state index in [9.17, 15) is 9.59 Å². The third-order valence-electron chi connectivity index (χ3n) is 3.56. The third-order valence-corrected chi connectivity index (χ3v) is 3.56. The van der Waals surface area contributed by atoms with Crippen molar-refractivity contribution in [2.75, 3.05) is 13.1 Å². The van der Waals surface area contributed by atoms with Gasteiger partial charge in [-0.05, 0) is 25.0 Å². The van der Waals surface area contributed by atoms with Gasteiger partial charge in [-0.15, -0.1) is 0 Å². The molecule has 1 aromatic rings. The van der Waals surface area contributed by atoms with Gasteiger partial charge in [0.1, 0.15) is 5.69 Å². The summed E-state index contributed by atoms with van der Waals surface area (Å²) in [4.78, 5) is 28.7. The molecule has 2 aliphatic heterocycles. The molecule has 2 bridgehead atoms. The lowest BCUT2D eigenvalue weighted by Gasteiger charge is -2.31. The number of likely N-dealkylation sites (tertiary alicyclic amines) is 1. The molecule has 0 spiro atoms. The molecule has 0 radical (unpaired) electrons. The van der Waals surface area contributed by atoms with Crippen molar-refractivity contribution in [2.24, 2.45) is 0 Å². The van der Waals surface area contributed by atoms with Crippen LogP contribution < -0.4 is 0 Å². The highest BCUT2D eigenvalue weighted by Crippen LogP contribution is 2.26. The number of carboxylic acid groups (broad SMARTS) is 1. The molecule has 0 aromatic carbocycles. The summed E-state index contributed by atoms with van der Waals surface area (Å²) in [5, 5.41) is 8.79. The van der Waals surface area contributed by atoms with E-state index in [-0.39, 0.29) is 29.4 Å². The minimum atomic E-state index is -1.05. The van der Waals surface area contributed by atoms with E-state index in [1.807, 2.05) is 0 Å². The first-order chi connectivity index (χ1) is 9.13. The Kier molecular flexibility index (Phi) is 2.94. The lowest BCUT2D eigenvalue weighted by Crippen LogP contribution is -2.46. The number of pyridine rings is 1. The van der Waals surface area contributed by atoms with Crippen LogP contribution in [0.15, 0.2) is 18.3 Å². The van der Waals surface area contributed by atoms with Gasteiger partial charge in [0, 0.05) is 19.3 Å². The number of aromatic nitrogens is 1. The number of carbonyl (C=O) groups is 2. The summed E-state index contributed by atoms with van der Waals surface area (Å²) in [6.45, 7) is 1.19. The van der Waals surface area contributed by atoms with Crippen LogP contribution in [0.1, 0.15) is 33.7 Å². The van der Waals surface area contributed by atoms with E-state index in [2.05, 4.69) is 4.98 Å². The molecule has 2 fully saturated rings. The molecule has 2 aliphatic rings. The maximum Gasteiger partial charge on any atom is 0.337 e. The fraction of sp³-hybridized carbons (Fsp3) is 0.462. The Morgan fingerprint density at radius 3 is 2.47 bits per heavy atom. The van der Waals surface area contributed by atoms with Gasteiger partial charge in [0.2, 0.25) is 0 Å². The first-order valence-corrected chi connectivity index (χ1v) is 6.27. The zero-order chi connectivity index (χ0) is 13.4. The first kappa shape index (κ1) is 12.1. The molecule has 6 nitrogen and oxygen atoms in total. The average Bonchev–Trinajstić information content (AvgIpc) is 2.76. The summed E-state index contributed by atoms with van der Waals surface area (Å²) in [5.41, 5.74) is 0.366. The Morgan fingerprint density at radius 1 is 1.26 bits per heavy atom. The molecule has 0 saturated carbocycles. The van der Waals surface area contributed by atoms with Gasteiger partial charge in [-0.2, -0.15) is 0 Å². The fourth-order valence-electron chi connectivity index (χ4n) is 2.59. The van der Waals surface area contributed by atoms with Crippen LogP contribution in [0.5, 0.6) is 0 Å². The van der Waals surface area contributed by atoms with Crippen molar-refractivity contribution in [1.29, 1.82) is 0 Å². The van der Waals surface area contributed by atoms with Gasteiger partial charge in [-0.1, -0.05) is 0 Å². The summed E-state index contributed by atoms with van der Waals surface area (Å²) in [6, 6.07) is 2.86. The number of aromatic carboxylic acids is 1. The van der Waals surface area contributed by atoms with Crippen LogP contribution in [0.2, 0.25) is 0 Å². The molecule has 1 amide bonds. The van der Waals surface area contributed by atoms with E-state index in [0.29, 0.717) is 13.1 Å². The van der Waals surface area contributed by atoms with E-state index >= 15 is 0 Å². The Morgan fingerprint density at radius 2 is 1.95 bits per heavy atom. The summed E-state index contributed by atoms with van der Waals surface area (Å²) in [7, 11) is 0. The molecule has 3 heterocycles. The van der Waals surface area contributed by atoms with Gasteiger partial charge in [-0.3, -0.25) is 9.78 Å². The van der Waals surface area contributed by atoms with Crippen LogP contribution in [0.4, 0.5) is 0 Å². The molecule has 3 rings (SSSR count). The molecule has 2 saturated heterocycles. The molecule has 6 heteroatoms. The van der Waals surface area contributed by atoms with Gasteiger partial charge in [0.15, 0.2) is 0 Å². The maximum absolute atomic E-state index is 12.3. The van der Waals surface area contributed by atoms with Crippen molar-refractivity contribution in [1.82, 2.24) is 9.88 Å². The topological polar surface area (TPSA) is 79.7 Å². The van der Waals surface area contributed by atoms with Crippen LogP contribution in [0, 0.1) is 0 Å². The van der Waals surface area contributed by atoms with Crippen LogP contribution in [-0.4, -0.2) is 52.2 Å². The van der Waals surface area contributed by atoms with E-state index < -0.39 is 5.97 Å². The molecule has 1 N–H and O–H groups in total. The second kappa shape index (κ2) is 4.62. The van der Waals surface area contributed by atoms with Crippen LogP contribution in [-0.2, 0) is 4.74 Å². The summed E-state index contributed by atoms with van der Waals surface area (Å²) >= 11 is 0. The van der Waals surface area contributed by atoms with Gasteiger partial charge >= 0.3 is 5.97 Å². The van der Waals surface area contributed by atoms with Gasteiger partial charge < -0.3 is 14.7 Å². The number of rotatable bonds is 2. The van der Waals surface area contributed by atoms with Crippen molar-refractivity contribution in [3.8, 4) is 0 Å². The molecule has 0 aliphatic carbocycles. The number of fused-ring (bicyclic) bond motifs is 2. The van der Waals surface area contributed by atoms with Crippen molar-refractivity contribution in [3.05, 3.63) is 29.6 Å². The zero-order valence-electron chi connectivity index (χ0n) is 10.3. The monoisotopic (exact) mass is 262 g/mol. The van der Waals surface area contributed by atoms with Gasteiger partial charge in [0.05, 0.1) is 17.8 Å². The van der Waals surface area contributed by atoms with Crippen LogP contribution in [0.25, 0.3) is 0 Å². The number of amides is 1. The second-order valence-corrected chi connectivity index (χ2v) is 4.90. The SMILES string of the molecule is O=C(O)c1ccc(C(=O)N2CC3CCC(C2)O3)nc1. The first-order valence-electron chi connectivity index (χ1n) is 6.27. The van der Waals surface area contributed by atoms with Crippen LogP contribution in [0.3, 0.4) is 0 Å². The highest BCUT2D eigenvalue weighted by molar-refractivity contribution is 5.93. The number of carbonyl (C=O) groups excluding carboxylic acids is 1. The number of nitrogens with zero attached hydrogens (tertiary/aromatic N) is 2. The molecule has 1 aromatic heterocycles. The average molecular weight is 262 g/mol. The summed E-state index contributed by atoms with van der Waals surface area (Å²) in [5.74, 6) is -1.20. The molecule has 19 heavy (non-hydrogen) atoms. The number of ether oxygens (including phenoxy) is 1. The van der Waals surface area contributed by atoms with Crippen molar-refractivity contribution >= 4 is 11.9 Å². The highest BCUT2D eigenvalue weighted by atomic mass is 16.5.